The average Bonchev–Trinajstić information content (AvgIpc) is 3.60. The lowest BCUT2D eigenvalue weighted by molar-refractivity contribution is -0.121. The van der Waals surface area contributed by atoms with Crippen LogP contribution in [0.5, 0.6) is 5.75 Å². The van der Waals surface area contributed by atoms with Gasteiger partial charge in [-0.2, -0.15) is 0 Å². The number of nitrogens with one attached hydrogen (secondary N) is 1. The van der Waals surface area contributed by atoms with Crippen molar-refractivity contribution in [1.82, 2.24) is 9.71 Å². The molecule has 0 spiro atoms. The summed E-state index contributed by atoms with van der Waals surface area (Å²) >= 11 is 0. The lowest BCUT2D eigenvalue weighted by Crippen LogP contribution is -2.40. The molecule has 0 unspecified atom stereocenters. The molecule has 0 atom stereocenters. The van der Waals surface area contributed by atoms with Crippen LogP contribution in [0.3, 0.4) is 0 Å². The van der Waals surface area contributed by atoms with E-state index in [1.165, 1.54) is 6.07 Å². The number of hydrogen-bond donors (Lipinski definition) is 1. The van der Waals surface area contributed by atoms with Gasteiger partial charge in [0.25, 0.3) is 10.0 Å². The van der Waals surface area contributed by atoms with Crippen molar-refractivity contribution < 1.29 is 22.7 Å². The van der Waals surface area contributed by atoms with Crippen LogP contribution in [0.2, 0.25) is 0 Å². The molecule has 0 radical (unpaired) electrons. The smallest absolute Gasteiger partial charge is 0.264 e. The van der Waals surface area contributed by atoms with Gasteiger partial charge in [0.1, 0.15) is 5.75 Å². The van der Waals surface area contributed by atoms with Gasteiger partial charge in [-0.15, -0.1) is 0 Å². The maximum absolute atomic E-state index is 13.4. The van der Waals surface area contributed by atoms with E-state index in [4.69, 9.17) is 9.47 Å². The number of sulfonamides is 1. The van der Waals surface area contributed by atoms with Crippen molar-refractivity contribution in [3.8, 4) is 5.75 Å². The van der Waals surface area contributed by atoms with Crippen molar-refractivity contribution in [1.29, 1.82) is 0 Å². The van der Waals surface area contributed by atoms with Gasteiger partial charge in [-0.1, -0.05) is 12.1 Å². The Bertz CT molecular complexity index is 1330. The van der Waals surface area contributed by atoms with Crippen molar-refractivity contribution >= 4 is 26.8 Å². The van der Waals surface area contributed by atoms with Gasteiger partial charge in [0.15, 0.2) is 0 Å². The van der Waals surface area contributed by atoms with Crippen LogP contribution in [-0.4, -0.2) is 33.5 Å². The molecule has 0 aliphatic heterocycles. The van der Waals surface area contributed by atoms with Crippen LogP contribution < -0.4 is 9.46 Å². The molecule has 2 aliphatic rings. The number of carbonyl (C=O) groups is 1. The zero-order valence-electron chi connectivity index (χ0n) is 18.6. The van der Waals surface area contributed by atoms with E-state index in [-0.39, 0.29) is 10.5 Å². The third kappa shape index (κ3) is 3.48. The molecule has 172 valence electrons. The summed E-state index contributed by atoms with van der Waals surface area (Å²) in [5.41, 5.74) is 0.951. The van der Waals surface area contributed by atoms with Crippen LogP contribution in [0.25, 0.3) is 10.9 Å². The fraction of sp³-hybridized carbons (Fsp3) is 0.360. The quantitative estimate of drug-likeness (QED) is 0.569. The standard InChI is InChI=1S/C25H26N2O5S/c1-31-21-10-9-17(25(32-2)11-5-12-25)16-19(21)24(13-14-24)23(28)27-33(29,30)22-8-3-7-20-18(22)6-4-15-26-20/h3-4,6-10,15-16H,5,11-14H2,1-2H3,(H,27,28). The zero-order valence-corrected chi connectivity index (χ0v) is 19.4. The Hall–Kier alpha value is -2.97. The second-order valence-electron chi connectivity index (χ2n) is 8.81. The predicted octanol–water partition coefficient (Wildman–Crippen LogP) is 3.81. The SMILES string of the molecule is COc1ccc(C2(OC)CCC2)cc1C1(C(=O)NS(=O)(=O)c2cccc3ncccc23)CC1. The molecule has 1 amide bonds. The van der Waals surface area contributed by atoms with E-state index < -0.39 is 21.3 Å². The number of pyridine rings is 1. The molecule has 2 aromatic carbocycles. The number of aromatic nitrogens is 1. The Labute approximate surface area is 193 Å². The van der Waals surface area contributed by atoms with Crippen molar-refractivity contribution in [2.24, 2.45) is 0 Å². The maximum Gasteiger partial charge on any atom is 0.264 e. The summed E-state index contributed by atoms with van der Waals surface area (Å²) in [7, 11) is -0.839. The Morgan fingerprint density at radius 2 is 1.82 bits per heavy atom. The number of rotatable bonds is 7. The summed E-state index contributed by atoms with van der Waals surface area (Å²) in [6.07, 6.45) is 5.61. The zero-order chi connectivity index (χ0) is 23.3. The summed E-state index contributed by atoms with van der Waals surface area (Å²) in [5, 5.41) is 0.469. The molecule has 1 aromatic heterocycles. The molecule has 0 bridgehead atoms. The van der Waals surface area contributed by atoms with Gasteiger partial charge >= 0.3 is 0 Å². The Morgan fingerprint density at radius 3 is 2.45 bits per heavy atom. The fourth-order valence-electron chi connectivity index (χ4n) is 4.80. The Morgan fingerprint density at radius 1 is 1.03 bits per heavy atom. The van der Waals surface area contributed by atoms with Crippen LogP contribution in [0, 0.1) is 0 Å². The number of hydrogen-bond acceptors (Lipinski definition) is 6. The Kier molecular flexibility index (Phi) is 5.17. The Balaban J connectivity index is 1.50. The average molecular weight is 467 g/mol. The molecule has 2 fully saturated rings. The fourth-order valence-corrected chi connectivity index (χ4v) is 6.07. The largest absolute Gasteiger partial charge is 0.496 e. The molecule has 33 heavy (non-hydrogen) atoms. The topological polar surface area (TPSA) is 94.6 Å². The molecule has 7 nitrogen and oxygen atoms in total. The van der Waals surface area contributed by atoms with Gasteiger partial charge in [-0.05, 0) is 74.1 Å². The first kappa shape index (κ1) is 21.9. The summed E-state index contributed by atoms with van der Waals surface area (Å²) in [6.45, 7) is 0. The number of amides is 1. The second-order valence-corrected chi connectivity index (χ2v) is 10.5. The van der Waals surface area contributed by atoms with Gasteiger partial charge in [0, 0.05) is 24.3 Å². The highest BCUT2D eigenvalue weighted by atomic mass is 32.2. The van der Waals surface area contributed by atoms with E-state index in [0.29, 0.717) is 35.1 Å². The molecule has 2 saturated carbocycles. The van der Waals surface area contributed by atoms with Crippen LogP contribution in [0.4, 0.5) is 0 Å². The van der Waals surface area contributed by atoms with Crippen LogP contribution in [0.1, 0.15) is 43.2 Å². The van der Waals surface area contributed by atoms with Gasteiger partial charge in [-0.25, -0.2) is 13.1 Å². The van der Waals surface area contributed by atoms with Crippen LogP contribution in [0.15, 0.2) is 59.6 Å². The third-order valence-electron chi connectivity index (χ3n) is 7.10. The lowest BCUT2D eigenvalue weighted by Gasteiger charge is -2.41. The highest BCUT2D eigenvalue weighted by Gasteiger charge is 2.54. The van der Waals surface area contributed by atoms with Crippen molar-refractivity contribution in [3.05, 3.63) is 65.9 Å². The number of methoxy groups -OCH3 is 2. The first-order valence-electron chi connectivity index (χ1n) is 11.0. The van der Waals surface area contributed by atoms with Crippen molar-refractivity contribution in [2.75, 3.05) is 14.2 Å². The molecular formula is C25H26N2O5S. The maximum atomic E-state index is 13.4. The highest BCUT2D eigenvalue weighted by molar-refractivity contribution is 7.90. The second kappa shape index (κ2) is 7.81. The normalized spacial score (nSPS) is 18.4. The summed E-state index contributed by atoms with van der Waals surface area (Å²) in [6, 6.07) is 14.0. The third-order valence-corrected chi connectivity index (χ3v) is 8.49. The molecule has 1 heterocycles. The minimum Gasteiger partial charge on any atom is -0.496 e. The van der Waals surface area contributed by atoms with E-state index in [9.17, 15) is 13.2 Å². The number of ether oxygens (including phenoxy) is 2. The number of fused-ring (bicyclic) bond motifs is 1. The molecular weight excluding hydrogens is 440 g/mol. The van der Waals surface area contributed by atoms with E-state index >= 15 is 0 Å². The number of nitrogens with zero attached hydrogens (tertiary/aromatic N) is 1. The van der Waals surface area contributed by atoms with Gasteiger partial charge < -0.3 is 9.47 Å². The van der Waals surface area contributed by atoms with E-state index in [1.807, 2.05) is 18.2 Å². The summed E-state index contributed by atoms with van der Waals surface area (Å²) in [5.74, 6) is 0.0302. The molecule has 8 heteroatoms. The first-order valence-corrected chi connectivity index (χ1v) is 12.5. The predicted molar refractivity (Wildman–Crippen MR) is 124 cm³/mol. The summed E-state index contributed by atoms with van der Waals surface area (Å²) < 4.78 is 40.2. The van der Waals surface area contributed by atoms with Crippen LogP contribution >= 0.6 is 0 Å². The van der Waals surface area contributed by atoms with Gasteiger partial charge in [-0.3, -0.25) is 9.78 Å². The molecule has 3 aromatic rings. The number of benzene rings is 2. The molecule has 5 rings (SSSR count). The molecule has 1 N–H and O–H groups in total. The van der Waals surface area contributed by atoms with Crippen molar-refractivity contribution in [2.45, 2.75) is 48.0 Å². The summed E-state index contributed by atoms with van der Waals surface area (Å²) in [4.78, 5) is 17.7. The number of carbonyl (C=O) groups excluding carboxylic acids is 1. The highest BCUT2D eigenvalue weighted by Crippen LogP contribution is 2.54. The van der Waals surface area contributed by atoms with Crippen LogP contribution in [-0.2, 0) is 30.6 Å². The van der Waals surface area contributed by atoms with Gasteiger partial charge in [0.05, 0.1) is 28.5 Å². The molecule has 2 aliphatic carbocycles. The van der Waals surface area contributed by atoms with E-state index in [0.717, 1.165) is 24.8 Å². The monoisotopic (exact) mass is 466 g/mol. The molecule has 0 saturated heterocycles. The first-order chi connectivity index (χ1) is 15.9. The lowest BCUT2D eigenvalue weighted by atomic mass is 9.73. The minimum absolute atomic E-state index is 0.0331. The van der Waals surface area contributed by atoms with Gasteiger partial charge in [0.2, 0.25) is 5.91 Å². The minimum atomic E-state index is -4.10. The van der Waals surface area contributed by atoms with E-state index in [2.05, 4.69) is 9.71 Å². The van der Waals surface area contributed by atoms with E-state index in [1.54, 1.807) is 44.7 Å². The van der Waals surface area contributed by atoms with Crippen molar-refractivity contribution in [3.63, 3.8) is 0 Å².